The van der Waals surface area contributed by atoms with Crippen molar-refractivity contribution in [2.45, 2.75) is 12.8 Å². The number of unbranched alkanes of at least 4 members (excludes halogenated alkanes) is 1. The highest BCUT2D eigenvalue weighted by Crippen LogP contribution is 2.05. The maximum absolute atomic E-state index is 5.23. The summed E-state index contributed by atoms with van der Waals surface area (Å²) in [7, 11) is 1.69. The summed E-state index contributed by atoms with van der Waals surface area (Å²) in [6, 6.07) is 0.453. The number of nitrogen functional groups attached to an aromatic ring is 1. The average molecular weight is 186 g/mol. The van der Waals surface area contributed by atoms with Gasteiger partial charge in [-0.05, 0) is 12.8 Å². The number of anilines is 2. The van der Waals surface area contributed by atoms with Crippen molar-refractivity contribution in [1.29, 1.82) is 0 Å². The summed E-state index contributed by atoms with van der Waals surface area (Å²) >= 11 is 0. The first-order valence-electron chi connectivity index (χ1n) is 4.14. The molecule has 0 saturated carbocycles. The molecule has 1 heterocycles. The van der Waals surface area contributed by atoms with E-state index in [1.54, 1.807) is 7.11 Å². The smallest absolute Gasteiger partial charge is 0.316 e. The van der Waals surface area contributed by atoms with Crippen LogP contribution in [0.4, 0.5) is 12.0 Å². The SMILES string of the molecule is COCCCCNc1nnc(N)o1. The Hall–Kier alpha value is -1.30. The second kappa shape index (κ2) is 5.36. The third-order valence-electron chi connectivity index (χ3n) is 1.49. The summed E-state index contributed by atoms with van der Waals surface area (Å²) in [6.45, 7) is 1.55. The Kier molecular flexibility index (Phi) is 4.04. The summed E-state index contributed by atoms with van der Waals surface area (Å²) in [4.78, 5) is 0. The number of hydrogen-bond acceptors (Lipinski definition) is 6. The summed E-state index contributed by atoms with van der Waals surface area (Å²) < 4.78 is 9.80. The molecule has 0 spiro atoms. The molecule has 0 radical (unpaired) electrons. The van der Waals surface area contributed by atoms with E-state index >= 15 is 0 Å². The van der Waals surface area contributed by atoms with Crippen LogP contribution < -0.4 is 11.1 Å². The van der Waals surface area contributed by atoms with Gasteiger partial charge < -0.3 is 20.2 Å². The van der Waals surface area contributed by atoms with E-state index in [-0.39, 0.29) is 6.01 Å². The molecule has 0 bridgehead atoms. The van der Waals surface area contributed by atoms with E-state index in [2.05, 4.69) is 15.5 Å². The van der Waals surface area contributed by atoms with E-state index in [9.17, 15) is 0 Å². The van der Waals surface area contributed by atoms with Crippen molar-refractivity contribution in [3.63, 3.8) is 0 Å². The molecule has 74 valence electrons. The Morgan fingerprint density at radius 1 is 1.46 bits per heavy atom. The second-order valence-corrected chi connectivity index (χ2v) is 2.57. The number of nitrogens with zero attached hydrogens (tertiary/aromatic N) is 2. The summed E-state index contributed by atoms with van der Waals surface area (Å²) in [5.41, 5.74) is 5.23. The van der Waals surface area contributed by atoms with Crippen molar-refractivity contribution in [1.82, 2.24) is 10.2 Å². The zero-order chi connectivity index (χ0) is 9.52. The number of nitrogens with one attached hydrogen (secondary N) is 1. The van der Waals surface area contributed by atoms with E-state index in [0.29, 0.717) is 6.01 Å². The third-order valence-corrected chi connectivity index (χ3v) is 1.49. The fourth-order valence-electron chi connectivity index (χ4n) is 0.873. The molecule has 6 nitrogen and oxygen atoms in total. The van der Waals surface area contributed by atoms with Gasteiger partial charge in [0.25, 0.3) is 0 Å². The molecule has 1 aromatic rings. The molecule has 0 unspecified atom stereocenters. The molecule has 0 aliphatic rings. The Balaban J connectivity index is 2.06. The number of rotatable bonds is 6. The van der Waals surface area contributed by atoms with Crippen LogP contribution >= 0.6 is 0 Å². The molecule has 13 heavy (non-hydrogen) atoms. The normalized spacial score (nSPS) is 10.2. The summed E-state index contributed by atoms with van der Waals surface area (Å²) in [6.07, 6.45) is 2.00. The lowest BCUT2D eigenvalue weighted by atomic mass is 10.3. The maximum atomic E-state index is 5.23. The molecule has 0 saturated heterocycles. The zero-order valence-electron chi connectivity index (χ0n) is 7.62. The molecule has 0 atom stereocenters. The summed E-state index contributed by atoms with van der Waals surface area (Å²) in [5, 5.41) is 10.1. The van der Waals surface area contributed by atoms with E-state index < -0.39 is 0 Å². The Morgan fingerprint density at radius 2 is 2.31 bits per heavy atom. The van der Waals surface area contributed by atoms with Gasteiger partial charge in [-0.15, -0.1) is 0 Å². The minimum Gasteiger partial charge on any atom is -0.390 e. The van der Waals surface area contributed by atoms with E-state index in [0.717, 1.165) is 26.0 Å². The number of aromatic nitrogens is 2. The molecule has 0 fully saturated rings. The molecule has 1 aromatic heterocycles. The van der Waals surface area contributed by atoms with Gasteiger partial charge in [0, 0.05) is 20.3 Å². The molecule has 0 aliphatic heterocycles. The monoisotopic (exact) mass is 186 g/mol. The number of ether oxygens (including phenoxy) is 1. The van der Waals surface area contributed by atoms with Crippen LogP contribution in [0.15, 0.2) is 4.42 Å². The van der Waals surface area contributed by atoms with Crippen molar-refractivity contribution >= 4 is 12.0 Å². The lowest BCUT2D eigenvalue weighted by molar-refractivity contribution is 0.193. The largest absolute Gasteiger partial charge is 0.390 e. The van der Waals surface area contributed by atoms with Gasteiger partial charge in [0.15, 0.2) is 0 Å². The van der Waals surface area contributed by atoms with Gasteiger partial charge in [-0.2, -0.15) is 0 Å². The van der Waals surface area contributed by atoms with Gasteiger partial charge in [-0.3, -0.25) is 0 Å². The highest BCUT2D eigenvalue weighted by atomic mass is 16.5. The number of methoxy groups -OCH3 is 1. The van der Waals surface area contributed by atoms with Gasteiger partial charge in [0.05, 0.1) is 0 Å². The quantitative estimate of drug-likeness (QED) is 0.629. The van der Waals surface area contributed by atoms with Crippen molar-refractivity contribution in [2.75, 3.05) is 31.3 Å². The van der Waals surface area contributed by atoms with Crippen molar-refractivity contribution in [2.24, 2.45) is 0 Å². The van der Waals surface area contributed by atoms with Gasteiger partial charge >= 0.3 is 12.0 Å². The highest BCUT2D eigenvalue weighted by molar-refractivity contribution is 5.21. The van der Waals surface area contributed by atoms with E-state index in [1.165, 1.54) is 0 Å². The Bertz CT molecular complexity index is 238. The molecule has 0 amide bonds. The van der Waals surface area contributed by atoms with Gasteiger partial charge in [-0.25, -0.2) is 0 Å². The first-order chi connectivity index (χ1) is 6.33. The minimum absolute atomic E-state index is 0.0828. The van der Waals surface area contributed by atoms with Crippen LogP contribution in [-0.2, 0) is 4.74 Å². The predicted molar refractivity (Wildman–Crippen MR) is 48.3 cm³/mol. The van der Waals surface area contributed by atoms with Crippen LogP contribution in [0.1, 0.15) is 12.8 Å². The first-order valence-corrected chi connectivity index (χ1v) is 4.14. The zero-order valence-corrected chi connectivity index (χ0v) is 7.62. The van der Waals surface area contributed by atoms with Gasteiger partial charge in [-0.1, -0.05) is 10.2 Å². The Morgan fingerprint density at radius 3 is 2.92 bits per heavy atom. The van der Waals surface area contributed by atoms with Crippen LogP contribution in [0.2, 0.25) is 0 Å². The molecule has 6 heteroatoms. The third kappa shape index (κ3) is 3.75. The highest BCUT2D eigenvalue weighted by Gasteiger charge is 1.99. The summed E-state index contributed by atoms with van der Waals surface area (Å²) in [5.74, 6) is 0. The van der Waals surface area contributed by atoms with Crippen molar-refractivity contribution in [3.8, 4) is 0 Å². The minimum atomic E-state index is 0.0828. The van der Waals surface area contributed by atoms with E-state index in [1.807, 2.05) is 0 Å². The lowest BCUT2D eigenvalue weighted by Crippen LogP contribution is -2.03. The van der Waals surface area contributed by atoms with Crippen molar-refractivity contribution in [3.05, 3.63) is 0 Å². The van der Waals surface area contributed by atoms with E-state index in [4.69, 9.17) is 14.9 Å². The van der Waals surface area contributed by atoms with Gasteiger partial charge in [0.1, 0.15) is 0 Å². The fraction of sp³-hybridized carbons (Fsp3) is 0.714. The molecule has 0 aromatic carbocycles. The van der Waals surface area contributed by atoms with Crippen LogP contribution in [0.5, 0.6) is 0 Å². The predicted octanol–water partition coefficient (Wildman–Crippen LogP) is 0.490. The standard InChI is InChI=1S/C7H14N4O2/c1-12-5-3-2-4-9-7-11-10-6(8)13-7/h2-5H2,1H3,(H2,8,10)(H,9,11). The van der Waals surface area contributed by atoms with Crippen LogP contribution in [0.3, 0.4) is 0 Å². The molecule has 1 rings (SSSR count). The topological polar surface area (TPSA) is 86.2 Å². The molecule has 3 N–H and O–H groups in total. The van der Waals surface area contributed by atoms with Crippen molar-refractivity contribution < 1.29 is 9.15 Å². The lowest BCUT2D eigenvalue weighted by Gasteiger charge is -1.99. The van der Waals surface area contributed by atoms with Crippen LogP contribution in [0.25, 0.3) is 0 Å². The average Bonchev–Trinajstić information content (AvgIpc) is 2.51. The molecule has 0 aliphatic carbocycles. The number of hydrogen-bond donors (Lipinski definition) is 2. The first kappa shape index (κ1) is 9.79. The Labute approximate surface area is 76.5 Å². The molecular formula is C7H14N4O2. The fourth-order valence-corrected chi connectivity index (χ4v) is 0.873. The maximum Gasteiger partial charge on any atom is 0.316 e. The number of nitrogens with two attached hydrogens (primary N) is 1. The second-order valence-electron chi connectivity index (χ2n) is 2.57. The van der Waals surface area contributed by atoms with Gasteiger partial charge in [0.2, 0.25) is 0 Å². The van der Waals surface area contributed by atoms with Crippen LogP contribution in [0, 0.1) is 0 Å². The van der Waals surface area contributed by atoms with Crippen LogP contribution in [-0.4, -0.2) is 30.5 Å². The molecular weight excluding hydrogens is 172 g/mol.